The number of amides is 1. The number of benzene rings is 1. The topological polar surface area (TPSA) is 81.1 Å². The third-order valence-corrected chi connectivity index (χ3v) is 1.70. The summed E-state index contributed by atoms with van der Waals surface area (Å²) in [6, 6.07) is 6.83. The van der Waals surface area contributed by atoms with Crippen molar-refractivity contribution in [2.45, 2.75) is 0 Å². The number of nitrogens with two attached hydrogens (primary N) is 2. The molecule has 0 radical (unpaired) electrons. The van der Waals surface area contributed by atoms with Crippen LogP contribution in [0.3, 0.4) is 0 Å². The molecular formula is C8H9N3OS. The van der Waals surface area contributed by atoms with Gasteiger partial charge in [0.1, 0.15) is 0 Å². The molecule has 0 spiro atoms. The van der Waals surface area contributed by atoms with Crippen molar-refractivity contribution >= 4 is 34.5 Å². The van der Waals surface area contributed by atoms with Gasteiger partial charge in [0.2, 0.25) is 0 Å². The van der Waals surface area contributed by atoms with Crippen LogP contribution in [-0.2, 0) is 4.79 Å². The van der Waals surface area contributed by atoms with Gasteiger partial charge in [0.05, 0.1) is 0 Å². The zero-order valence-electron chi connectivity index (χ0n) is 6.78. The van der Waals surface area contributed by atoms with Crippen LogP contribution in [0.1, 0.15) is 0 Å². The Morgan fingerprint density at radius 1 is 1.31 bits per heavy atom. The van der Waals surface area contributed by atoms with Gasteiger partial charge in [-0.15, -0.1) is 0 Å². The van der Waals surface area contributed by atoms with Crippen molar-refractivity contribution in [3.8, 4) is 0 Å². The Labute approximate surface area is 80.9 Å². The molecule has 0 aliphatic heterocycles. The fraction of sp³-hybridized carbons (Fsp3) is 0. The smallest absolute Gasteiger partial charge is 0.276 e. The third kappa shape index (κ3) is 2.72. The molecule has 0 aliphatic carbocycles. The minimum atomic E-state index is -0.646. The van der Waals surface area contributed by atoms with E-state index < -0.39 is 5.91 Å². The molecule has 5 heteroatoms. The molecule has 1 aromatic carbocycles. The second kappa shape index (κ2) is 3.86. The Balaban J connectivity index is 2.70. The monoisotopic (exact) mass is 195 g/mol. The summed E-state index contributed by atoms with van der Waals surface area (Å²) < 4.78 is 0. The average Bonchev–Trinajstić information content (AvgIpc) is 2.08. The molecule has 0 saturated carbocycles. The Hall–Kier alpha value is -1.62. The summed E-state index contributed by atoms with van der Waals surface area (Å²) in [5, 5.41) is 2.67. The van der Waals surface area contributed by atoms with Gasteiger partial charge in [0.25, 0.3) is 5.91 Å². The molecule has 1 amide bonds. The summed E-state index contributed by atoms with van der Waals surface area (Å²) >= 11 is 4.68. The highest BCUT2D eigenvalue weighted by Gasteiger charge is 2.02. The molecular weight excluding hydrogens is 186 g/mol. The van der Waals surface area contributed by atoms with Crippen LogP contribution in [0, 0.1) is 0 Å². The number of hydrogen-bond donors (Lipinski definition) is 3. The summed E-state index contributed by atoms with van der Waals surface area (Å²) in [7, 11) is 0. The molecule has 0 unspecified atom stereocenters. The maximum absolute atomic E-state index is 10.6. The lowest BCUT2D eigenvalue weighted by Gasteiger charge is -2.04. The number of carbonyl (C=O) groups is 1. The van der Waals surface area contributed by atoms with Gasteiger partial charge in [0, 0.05) is 11.4 Å². The quantitative estimate of drug-likeness (QED) is 0.450. The highest BCUT2D eigenvalue weighted by molar-refractivity contribution is 7.82. The Morgan fingerprint density at radius 2 is 1.85 bits per heavy atom. The maximum atomic E-state index is 10.6. The van der Waals surface area contributed by atoms with Crippen molar-refractivity contribution in [2.75, 3.05) is 11.1 Å². The van der Waals surface area contributed by atoms with Gasteiger partial charge in [-0.25, -0.2) is 0 Å². The number of thiocarbonyl (C=S) groups is 1. The van der Waals surface area contributed by atoms with Crippen molar-refractivity contribution in [2.24, 2.45) is 5.73 Å². The molecule has 0 aliphatic rings. The van der Waals surface area contributed by atoms with Crippen molar-refractivity contribution in [1.82, 2.24) is 0 Å². The first-order valence-corrected chi connectivity index (χ1v) is 3.97. The van der Waals surface area contributed by atoms with E-state index in [0.717, 1.165) is 0 Å². The summed E-state index contributed by atoms with van der Waals surface area (Å²) in [4.78, 5) is 10.6. The number of carbonyl (C=O) groups excluding carboxylic acids is 1. The molecule has 0 atom stereocenters. The summed E-state index contributed by atoms with van der Waals surface area (Å²) in [6.45, 7) is 0. The second-order valence-corrected chi connectivity index (χ2v) is 2.85. The lowest BCUT2D eigenvalue weighted by atomic mass is 10.3. The van der Waals surface area contributed by atoms with Crippen molar-refractivity contribution in [3.05, 3.63) is 24.3 Å². The lowest BCUT2D eigenvalue weighted by Crippen LogP contribution is -2.27. The van der Waals surface area contributed by atoms with Crippen LogP contribution in [0.5, 0.6) is 0 Å². The van der Waals surface area contributed by atoms with E-state index in [1.807, 2.05) is 0 Å². The first kappa shape index (κ1) is 9.47. The fourth-order valence-corrected chi connectivity index (χ4v) is 0.877. The van der Waals surface area contributed by atoms with Gasteiger partial charge < -0.3 is 16.8 Å². The summed E-state index contributed by atoms with van der Waals surface area (Å²) in [5.41, 5.74) is 11.8. The van der Waals surface area contributed by atoms with Gasteiger partial charge in [-0.1, -0.05) is 12.2 Å². The predicted octanol–water partition coefficient (Wildman–Crippen LogP) is 0.493. The molecule has 0 fully saturated rings. The van der Waals surface area contributed by atoms with Crippen LogP contribution in [0.25, 0.3) is 0 Å². The zero-order valence-corrected chi connectivity index (χ0v) is 7.60. The highest BCUT2D eigenvalue weighted by atomic mass is 32.1. The molecule has 0 aromatic heterocycles. The van der Waals surface area contributed by atoms with Crippen molar-refractivity contribution in [3.63, 3.8) is 0 Å². The van der Waals surface area contributed by atoms with Gasteiger partial charge in [-0.05, 0) is 24.3 Å². The number of nitrogen functional groups attached to an aromatic ring is 1. The van der Waals surface area contributed by atoms with E-state index in [1.165, 1.54) is 0 Å². The third-order valence-electron chi connectivity index (χ3n) is 1.39. The van der Waals surface area contributed by atoms with E-state index in [0.29, 0.717) is 11.4 Å². The summed E-state index contributed by atoms with van der Waals surface area (Å²) in [5.74, 6) is -0.646. The lowest BCUT2D eigenvalue weighted by molar-refractivity contribution is -0.111. The molecule has 1 aromatic rings. The van der Waals surface area contributed by atoms with Gasteiger partial charge in [-0.3, -0.25) is 4.79 Å². The minimum Gasteiger partial charge on any atom is -0.399 e. The number of primary amides is 1. The van der Waals surface area contributed by atoms with E-state index in [2.05, 4.69) is 17.5 Å². The molecule has 4 nitrogen and oxygen atoms in total. The van der Waals surface area contributed by atoms with Crippen LogP contribution in [0.2, 0.25) is 0 Å². The SMILES string of the molecule is NC(=O)C(=S)Nc1ccc(N)cc1. The first-order chi connectivity index (χ1) is 6.09. The molecule has 5 N–H and O–H groups in total. The molecule has 0 saturated heterocycles. The summed E-state index contributed by atoms with van der Waals surface area (Å²) in [6.07, 6.45) is 0. The van der Waals surface area contributed by atoms with E-state index in [9.17, 15) is 4.79 Å². The van der Waals surface area contributed by atoms with Crippen LogP contribution >= 0.6 is 12.2 Å². The van der Waals surface area contributed by atoms with E-state index in [-0.39, 0.29) is 4.99 Å². The largest absolute Gasteiger partial charge is 0.399 e. The van der Waals surface area contributed by atoms with Gasteiger partial charge >= 0.3 is 0 Å². The standard InChI is InChI=1S/C8H9N3OS/c9-5-1-3-6(4-2-5)11-8(13)7(10)12/h1-4H,9H2,(H2,10,12)(H,11,13). The van der Waals surface area contributed by atoms with Crippen molar-refractivity contribution < 1.29 is 4.79 Å². The normalized spacial score (nSPS) is 9.23. The molecule has 68 valence electrons. The van der Waals surface area contributed by atoms with Crippen LogP contribution in [-0.4, -0.2) is 10.9 Å². The number of nitrogens with one attached hydrogen (secondary N) is 1. The van der Waals surface area contributed by atoms with E-state index in [4.69, 9.17) is 11.5 Å². The fourth-order valence-electron chi connectivity index (χ4n) is 0.759. The Bertz CT molecular complexity index is 334. The van der Waals surface area contributed by atoms with Gasteiger partial charge in [0.15, 0.2) is 4.99 Å². The predicted molar refractivity (Wildman–Crippen MR) is 56.3 cm³/mol. The average molecular weight is 195 g/mol. The molecule has 13 heavy (non-hydrogen) atoms. The highest BCUT2D eigenvalue weighted by Crippen LogP contribution is 2.10. The number of anilines is 2. The second-order valence-electron chi connectivity index (χ2n) is 2.44. The molecule has 0 bridgehead atoms. The Morgan fingerprint density at radius 3 is 2.31 bits per heavy atom. The molecule has 1 rings (SSSR count). The van der Waals surface area contributed by atoms with E-state index >= 15 is 0 Å². The van der Waals surface area contributed by atoms with E-state index in [1.54, 1.807) is 24.3 Å². The maximum Gasteiger partial charge on any atom is 0.276 e. The Kier molecular flexibility index (Phi) is 2.81. The zero-order chi connectivity index (χ0) is 9.84. The number of rotatable bonds is 1. The van der Waals surface area contributed by atoms with Crippen LogP contribution in [0.4, 0.5) is 11.4 Å². The molecule has 0 heterocycles. The van der Waals surface area contributed by atoms with Crippen LogP contribution in [0.15, 0.2) is 24.3 Å². The number of hydrogen-bond acceptors (Lipinski definition) is 3. The van der Waals surface area contributed by atoms with Gasteiger partial charge in [-0.2, -0.15) is 0 Å². The first-order valence-electron chi connectivity index (χ1n) is 3.56. The van der Waals surface area contributed by atoms with Crippen molar-refractivity contribution in [1.29, 1.82) is 0 Å². The van der Waals surface area contributed by atoms with Crippen LogP contribution < -0.4 is 16.8 Å². The minimum absolute atomic E-state index is 0.00947.